The fourth-order valence-electron chi connectivity index (χ4n) is 5.09. The van der Waals surface area contributed by atoms with Crippen molar-refractivity contribution in [2.24, 2.45) is 17.3 Å². The molecule has 0 radical (unpaired) electrons. The van der Waals surface area contributed by atoms with E-state index in [1.54, 1.807) is 0 Å². The molecule has 0 aromatic rings. The van der Waals surface area contributed by atoms with Crippen LogP contribution in [0, 0.1) is 17.3 Å². The zero-order valence-electron chi connectivity index (χ0n) is 16.8. The van der Waals surface area contributed by atoms with Crippen molar-refractivity contribution >= 4 is 0 Å². The van der Waals surface area contributed by atoms with E-state index < -0.39 is 0 Å². The molecule has 0 N–H and O–H groups in total. The summed E-state index contributed by atoms with van der Waals surface area (Å²) in [5, 5.41) is 0. The van der Waals surface area contributed by atoms with E-state index in [0.29, 0.717) is 5.41 Å². The third kappa shape index (κ3) is 4.74. The molecule has 24 heavy (non-hydrogen) atoms. The van der Waals surface area contributed by atoms with Crippen LogP contribution in [0.5, 0.6) is 0 Å². The number of nitrogens with zero attached hydrogens (tertiary/aromatic N) is 3. The second kappa shape index (κ2) is 8.05. The molecule has 3 aliphatic heterocycles. The Balaban J connectivity index is 1.29. The lowest BCUT2D eigenvalue weighted by atomic mass is 9.71. The van der Waals surface area contributed by atoms with Crippen LogP contribution < -0.4 is 0 Å². The van der Waals surface area contributed by atoms with Gasteiger partial charge in [0.05, 0.1) is 0 Å². The quantitative estimate of drug-likeness (QED) is 0.735. The summed E-state index contributed by atoms with van der Waals surface area (Å²) < 4.78 is 0. The molecule has 3 rings (SSSR count). The fourth-order valence-corrected chi connectivity index (χ4v) is 5.09. The summed E-state index contributed by atoms with van der Waals surface area (Å²) >= 11 is 0. The first-order valence-electron chi connectivity index (χ1n) is 10.6. The summed E-state index contributed by atoms with van der Waals surface area (Å²) in [6, 6.07) is 0.746. The highest BCUT2D eigenvalue weighted by molar-refractivity contribution is 4.99. The van der Waals surface area contributed by atoms with Gasteiger partial charge in [-0.05, 0) is 95.9 Å². The van der Waals surface area contributed by atoms with Crippen LogP contribution in [0.2, 0.25) is 0 Å². The fraction of sp³-hybridized carbons (Fsp3) is 1.00. The van der Waals surface area contributed by atoms with Gasteiger partial charge in [0, 0.05) is 25.7 Å². The molecule has 0 unspecified atom stereocenters. The molecular weight excluding hydrogens is 294 g/mol. The molecule has 3 aliphatic rings. The van der Waals surface area contributed by atoms with Crippen molar-refractivity contribution in [2.45, 2.75) is 65.8 Å². The van der Waals surface area contributed by atoms with Crippen LogP contribution in [0.3, 0.4) is 0 Å². The number of hydrogen-bond acceptors (Lipinski definition) is 3. The molecule has 1 spiro atoms. The van der Waals surface area contributed by atoms with Crippen molar-refractivity contribution < 1.29 is 0 Å². The second-order valence-corrected chi connectivity index (χ2v) is 9.77. The van der Waals surface area contributed by atoms with Crippen LogP contribution in [0.4, 0.5) is 0 Å². The minimum atomic E-state index is 0.697. The van der Waals surface area contributed by atoms with Gasteiger partial charge in [-0.1, -0.05) is 13.8 Å². The van der Waals surface area contributed by atoms with Gasteiger partial charge in [0.25, 0.3) is 0 Å². The molecule has 3 heteroatoms. The van der Waals surface area contributed by atoms with Gasteiger partial charge in [-0.2, -0.15) is 0 Å². The van der Waals surface area contributed by atoms with Gasteiger partial charge in [0.2, 0.25) is 0 Å². The molecule has 0 amide bonds. The molecule has 0 atom stereocenters. The van der Waals surface area contributed by atoms with Crippen molar-refractivity contribution in [1.29, 1.82) is 0 Å². The molecule has 0 aliphatic carbocycles. The third-order valence-corrected chi connectivity index (χ3v) is 6.91. The summed E-state index contributed by atoms with van der Waals surface area (Å²) in [6.45, 7) is 20.2. The first-order chi connectivity index (χ1) is 11.5. The molecule has 3 nitrogen and oxygen atoms in total. The molecule has 140 valence electrons. The molecular formula is C21H41N3. The molecule has 0 saturated carbocycles. The van der Waals surface area contributed by atoms with Crippen LogP contribution in [0.25, 0.3) is 0 Å². The van der Waals surface area contributed by atoms with E-state index >= 15 is 0 Å². The standard InChI is InChI=1S/C21H41N3/c1-18(2)15-23-11-6-20(7-12-23)5-10-22-13-8-21(9-14-22)16-24(17-21)19(3)4/h18-20H,5-17H2,1-4H3. The number of rotatable bonds is 6. The van der Waals surface area contributed by atoms with Crippen molar-refractivity contribution in [1.82, 2.24) is 14.7 Å². The monoisotopic (exact) mass is 335 g/mol. The van der Waals surface area contributed by atoms with Crippen LogP contribution in [-0.4, -0.2) is 73.1 Å². The predicted octanol–water partition coefficient (Wildman–Crippen LogP) is 3.55. The van der Waals surface area contributed by atoms with Gasteiger partial charge >= 0.3 is 0 Å². The largest absolute Gasteiger partial charge is 0.303 e. The minimum absolute atomic E-state index is 0.697. The van der Waals surface area contributed by atoms with E-state index in [1.807, 2.05) is 0 Å². The van der Waals surface area contributed by atoms with Gasteiger partial charge in [-0.3, -0.25) is 4.90 Å². The Labute approximate surface area is 150 Å². The smallest absolute Gasteiger partial charge is 0.00541 e. The first-order valence-corrected chi connectivity index (χ1v) is 10.6. The molecule has 3 fully saturated rings. The number of hydrogen-bond donors (Lipinski definition) is 0. The Bertz CT molecular complexity index is 369. The topological polar surface area (TPSA) is 9.72 Å². The SMILES string of the molecule is CC(C)CN1CCC(CCN2CCC3(CC2)CN(C(C)C)C3)CC1. The summed E-state index contributed by atoms with van der Waals surface area (Å²) in [5.74, 6) is 1.81. The van der Waals surface area contributed by atoms with Crippen LogP contribution in [0.15, 0.2) is 0 Å². The van der Waals surface area contributed by atoms with Gasteiger partial charge in [0.1, 0.15) is 0 Å². The maximum Gasteiger partial charge on any atom is 0.00541 e. The molecule has 0 bridgehead atoms. The van der Waals surface area contributed by atoms with Crippen molar-refractivity contribution in [3.05, 3.63) is 0 Å². The normalized spacial score (nSPS) is 27.2. The molecule has 0 aromatic carbocycles. The summed E-state index contributed by atoms with van der Waals surface area (Å²) in [6.07, 6.45) is 7.22. The van der Waals surface area contributed by atoms with Gasteiger partial charge in [-0.25, -0.2) is 0 Å². The van der Waals surface area contributed by atoms with E-state index in [9.17, 15) is 0 Å². The maximum absolute atomic E-state index is 2.77. The zero-order chi connectivity index (χ0) is 17.2. The number of piperidine rings is 2. The van der Waals surface area contributed by atoms with Crippen molar-refractivity contribution in [3.8, 4) is 0 Å². The van der Waals surface area contributed by atoms with E-state index in [0.717, 1.165) is 17.9 Å². The van der Waals surface area contributed by atoms with E-state index in [4.69, 9.17) is 0 Å². The number of likely N-dealkylation sites (tertiary alicyclic amines) is 3. The van der Waals surface area contributed by atoms with Gasteiger partial charge in [0.15, 0.2) is 0 Å². The van der Waals surface area contributed by atoms with E-state index in [2.05, 4.69) is 42.4 Å². The second-order valence-electron chi connectivity index (χ2n) is 9.77. The highest BCUT2D eigenvalue weighted by Crippen LogP contribution is 2.41. The summed E-state index contributed by atoms with van der Waals surface area (Å²) in [4.78, 5) is 8.10. The van der Waals surface area contributed by atoms with Gasteiger partial charge in [-0.15, -0.1) is 0 Å². The summed E-state index contributed by atoms with van der Waals surface area (Å²) in [5.41, 5.74) is 0.697. The van der Waals surface area contributed by atoms with Crippen molar-refractivity contribution in [3.63, 3.8) is 0 Å². The highest BCUT2D eigenvalue weighted by Gasteiger charge is 2.45. The van der Waals surface area contributed by atoms with E-state index in [-0.39, 0.29) is 0 Å². The predicted molar refractivity (Wildman–Crippen MR) is 103 cm³/mol. The average molecular weight is 336 g/mol. The lowest BCUT2D eigenvalue weighted by Crippen LogP contribution is -2.62. The highest BCUT2D eigenvalue weighted by atomic mass is 15.2. The zero-order valence-corrected chi connectivity index (χ0v) is 16.8. The Hall–Kier alpha value is -0.120. The maximum atomic E-state index is 2.77. The molecule has 3 saturated heterocycles. The minimum Gasteiger partial charge on any atom is -0.303 e. The lowest BCUT2D eigenvalue weighted by molar-refractivity contribution is -0.0628. The Kier molecular flexibility index (Phi) is 6.26. The van der Waals surface area contributed by atoms with Gasteiger partial charge < -0.3 is 9.80 Å². The third-order valence-electron chi connectivity index (χ3n) is 6.91. The average Bonchev–Trinajstić information content (AvgIpc) is 2.52. The van der Waals surface area contributed by atoms with Crippen LogP contribution in [0.1, 0.15) is 59.8 Å². The first kappa shape index (κ1) is 18.7. The Morgan fingerprint density at radius 2 is 1.50 bits per heavy atom. The van der Waals surface area contributed by atoms with Crippen molar-refractivity contribution in [2.75, 3.05) is 52.4 Å². The molecule has 3 heterocycles. The Morgan fingerprint density at radius 1 is 0.875 bits per heavy atom. The van der Waals surface area contributed by atoms with E-state index in [1.165, 1.54) is 84.5 Å². The Morgan fingerprint density at radius 3 is 2.04 bits per heavy atom. The van der Waals surface area contributed by atoms with Crippen LogP contribution >= 0.6 is 0 Å². The van der Waals surface area contributed by atoms with Crippen LogP contribution in [-0.2, 0) is 0 Å². The summed E-state index contributed by atoms with van der Waals surface area (Å²) in [7, 11) is 0. The lowest BCUT2D eigenvalue weighted by Gasteiger charge is -2.55. The molecule has 0 aromatic heterocycles.